The number of nitrogens with zero attached hydrogens (tertiary/aromatic N) is 5. The number of guanidine groups is 1. The summed E-state index contributed by atoms with van der Waals surface area (Å²) in [7, 11) is 0. The van der Waals surface area contributed by atoms with E-state index in [1.807, 2.05) is 11.6 Å². The number of aliphatic imine (C=N–C) groups is 1. The average molecular weight is 514 g/mol. The number of hydrogen-bond acceptors (Lipinski definition) is 5. The fourth-order valence-electron chi connectivity index (χ4n) is 3.32. The van der Waals surface area contributed by atoms with E-state index in [0.717, 1.165) is 50.9 Å². The van der Waals surface area contributed by atoms with Gasteiger partial charge in [-0.15, -0.1) is 35.3 Å². The molecule has 1 fully saturated rings. The van der Waals surface area contributed by atoms with Crippen LogP contribution in [0.5, 0.6) is 0 Å². The van der Waals surface area contributed by atoms with Crippen LogP contribution in [0.1, 0.15) is 25.0 Å². The van der Waals surface area contributed by atoms with E-state index < -0.39 is 0 Å². The van der Waals surface area contributed by atoms with Crippen molar-refractivity contribution in [1.29, 1.82) is 0 Å². The molecule has 6 nitrogen and oxygen atoms in total. The minimum atomic E-state index is 0. The summed E-state index contributed by atoms with van der Waals surface area (Å²) in [5.41, 5.74) is 8.90. The molecule has 0 atom stereocenters. The first kappa shape index (κ1) is 22.9. The van der Waals surface area contributed by atoms with E-state index in [1.165, 1.54) is 11.1 Å². The molecule has 1 saturated heterocycles. The van der Waals surface area contributed by atoms with Crippen molar-refractivity contribution in [1.82, 2.24) is 14.8 Å². The van der Waals surface area contributed by atoms with Gasteiger partial charge in [-0.25, -0.2) is 9.98 Å². The Balaban J connectivity index is 0.00000280. The summed E-state index contributed by atoms with van der Waals surface area (Å²) in [6.07, 6.45) is 1.86. The van der Waals surface area contributed by atoms with E-state index in [4.69, 9.17) is 10.7 Å². The van der Waals surface area contributed by atoms with Crippen molar-refractivity contribution in [3.63, 3.8) is 0 Å². The van der Waals surface area contributed by atoms with Crippen molar-refractivity contribution >= 4 is 46.4 Å². The van der Waals surface area contributed by atoms with Gasteiger partial charge in [0.05, 0.1) is 6.54 Å². The second kappa shape index (κ2) is 11.6. The quantitative estimate of drug-likeness (QED) is 0.349. The topological polar surface area (TPSA) is 61.0 Å². The molecule has 0 unspecified atom stereocenters. The highest BCUT2D eigenvalue weighted by Crippen LogP contribution is 2.19. The van der Waals surface area contributed by atoms with E-state index >= 15 is 0 Å². The molecule has 1 aromatic heterocycles. The fourth-order valence-corrected chi connectivity index (χ4v) is 4.02. The van der Waals surface area contributed by atoms with Gasteiger partial charge in [0, 0.05) is 44.3 Å². The second-order valence-corrected chi connectivity index (χ2v) is 7.57. The number of anilines is 1. The fraction of sp³-hybridized carbons (Fsp3) is 0.500. The van der Waals surface area contributed by atoms with Gasteiger partial charge in [0.25, 0.3) is 0 Å². The molecule has 0 saturated carbocycles. The summed E-state index contributed by atoms with van der Waals surface area (Å²) in [4.78, 5) is 16.0. The molecule has 2 N–H and O–H groups in total. The molecule has 154 valence electrons. The zero-order chi connectivity index (χ0) is 19.1. The number of rotatable bonds is 7. The standard InChI is InChI=1S/C20H30N6S.HI/c1-3-24(4-2)16-18-8-6-5-7-17(18)15-23-19(21)25-10-12-26(13-11-25)20-22-9-14-27-20;/h5-9,14H,3-4,10-13,15-16H2,1-2H3,(H2,21,23);1H. The number of hydrogen-bond donors (Lipinski definition) is 1. The molecule has 3 rings (SSSR count). The molecule has 0 radical (unpaired) electrons. The SMILES string of the molecule is CCN(CC)Cc1ccccc1CN=C(N)N1CCN(c2nccs2)CC1.I. The summed E-state index contributed by atoms with van der Waals surface area (Å²) in [6, 6.07) is 8.55. The van der Waals surface area contributed by atoms with Gasteiger partial charge in [-0.05, 0) is 24.2 Å². The van der Waals surface area contributed by atoms with Crippen molar-refractivity contribution in [2.24, 2.45) is 10.7 Å². The van der Waals surface area contributed by atoms with Gasteiger partial charge < -0.3 is 15.5 Å². The van der Waals surface area contributed by atoms with Crippen LogP contribution in [0.3, 0.4) is 0 Å². The van der Waals surface area contributed by atoms with Gasteiger partial charge in [-0.3, -0.25) is 4.90 Å². The molecule has 0 amide bonds. The van der Waals surface area contributed by atoms with Gasteiger partial charge in [0.2, 0.25) is 0 Å². The summed E-state index contributed by atoms with van der Waals surface area (Å²) >= 11 is 1.69. The Morgan fingerprint density at radius 3 is 2.43 bits per heavy atom. The van der Waals surface area contributed by atoms with E-state index in [1.54, 1.807) is 11.3 Å². The third kappa shape index (κ3) is 6.05. The van der Waals surface area contributed by atoms with Gasteiger partial charge in [0.1, 0.15) is 0 Å². The number of aromatic nitrogens is 1. The molecule has 0 bridgehead atoms. The largest absolute Gasteiger partial charge is 0.370 e. The zero-order valence-electron chi connectivity index (χ0n) is 16.8. The average Bonchev–Trinajstić information content (AvgIpc) is 3.26. The lowest BCUT2D eigenvalue weighted by Gasteiger charge is -2.35. The highest BCUT2D eigenvalue weighted by Gasteiger charge is 2.19. The lowest BCUT2D eigenvalue weighted by Crippen LogP contribution is -2.51. The Hall–Kier alpha value is -1.39. The number of nitrogens with two attached hydrogens (primary N) is 1. The number of thiazole rings is 1. The molecule has 2 aromatic rings. The third-order valence-corrected chi connectivity index (χ3v) is 5.94. The summed E-state index contributed by atoms with van der Waals surface area (Å²) in [6.45, 7) is 11.7. The smallest absolute Gasteiger partial charge is 0.191 e. The van der Waals surface area contributed by atoms with Crippen LogP contribution in [0.15, 0.2) is 40.8 Å². The van der Waals surface area contributed by atoms with Crippen LogP contribution in [0.2, 0.25) is 0 Å². The van der Waals surface area contributed by atoms with Gasteiger partial charge in [-0.2, -0.15) is 0 Å². The molecule has 1 aliphatic heterocycles. The molecule has 28 heavy (non-hydrogen) atoms. The van der Waals surface area contributed by atoms with E-state index in [9.17, 15) is 0 Å². The lowest BCUT2D eigenvalue weighted by atomic mass is 10.1. The maximum Gasteiger partial charge on any atom is 0.191 e. The number of halogens is 1. The van der Waals surface area contributed by atoms with Crippen LogP contribution in [0.4, 0.5) is 5.13 Å². The van der Waals surface area contributed by atoms with Crippen molar-refractivity contribution in [2.75, 3.05) is 44.2 Å². The number of piperazine rings is 1. The molecule has 2 heterocycles. The van der Waals surface area contributed by atoms with Crippen LogP contribution >= 0.6 is 35.3 Å². The van der Waals surface area contributed by atoms with Crippen LogP contribution in [0, 0.1) is 0 Å². The summed E-state index contributed by atoms with van der Waals surface area (Å²) < 4.78 is 0. The lowest BCUT2D eigenvalue weighted by molar-refractivity contribution is 0.295. The van der Waals surface area contributed by atoms with Crippen molar-refractivity contribution in [3.05, 3.63) is 47.0 Å². The highest BCUT2D eigenvalue weighted by atomic mass is 127. The normalized spacial score (nSPS) is 15.0. The van der Waals surface area contributed by atoms with Crippen LogP contribution in [-0.2, 0) is 13.1 Å². The maximum atomic E-state index is 6.30. The van der Waals surface area contributed by atoms with Gasteiger partial charge >= 0.3 is 0 Å². The van der Waals surface area contributed by atoms with E-state index in [0.29, 0.717) is 12.5 Å². The van der Waals surface area contributed by atoms with Crippen LogP contribution in [0.25, 0.3) is 0 Å². The van der Waals surface area contributed by atoms with Crippen molar-refractivity contribution in [3.8, 4) is 0 Å². The Bertz CT molecular complexity index is 724. The first-order chi connectivity index (χ1) is 13.2. The van der Waals surface area contributed by atoms with Gasteiger partial charge in [0.15, 0.2) is 11.1 Å². The molecule has 8 heteroatoms. The zero-order valence-corrected chi connectivity index (χ0v) is 19.9. The van der Waals surface area contributed by atoms with E-state index in [2.05, 4.69) is 57.8 Å². The molecule has 0 spiro atoms. The molecule has 1 aromatic carbocycles. The molecular formula is C20H31IN6S. The molecule has 1 aliphatic rings. The van der Waals surface area contributed by atoms with Gasteiger partial charge in [-0.1, -0.05) is 38.1 Å². The van der Waals surface area contributed by atoms with Crippen LogP contribution < -0.4 is 10.6 Å². The monoisotopic (exact) mass is 514 g/mol. The van der Waals surface area contributed by atoms with E-state index in [-0.39, 0.29) is 24.0 Å². The minimum absolute atomic E-state index is 0. The Morgan fingerprint density at radius 2 is 1.82 bits per heavy atom. The number of benzene rings is 1. The Labute approximate surface area is 189 Å². The van der Waals surface area contributed by atoms with Crippen molar-refractivity contribution in [2.45, 2.75) is 26.9 Å². The highest BCUT2D eigenvalue weighted by molar-refractivity contribution is 14.0. The minimum Gasteiger partial charge on any atom is -0.370 e. The third-order valence-electron chi connectivity index (χ3n) is 5.11. The van der Waals surface area contributed by atoms with Crippen molar-refractivity contribution < 1.29 is 0 Å². The molecule has 0 aliphatic carbocycles. The Morgan fingerprint density at radius 1 is 1.14 bits per heavy atom. The maximum absolute atomic E-state index is 6.30. The predicted molar refractivity (Wildman–Crippen MR) is 130 cm³/mol. The first-order valence-corrected chi connectivity index (χ1v) is 10.6. The predicted octanol–water partition coefficient (Wildman–Crippen LogP) is 3.24. The Kier molecular flexibility index (Phi) is 9.46. The molecular weight excluding hydrogens is 483 g/mol. The van der Waals surface area contributed by atoms with Crippen LogP contribution in [-0.4, -0.2) is 60.0 Å². The second-order valence-electron chi connectivity index (χ2n) is 6.69. The summed E-state index contributed by atoms with van der Waals surface area (Å²) in [5, 5.41) is 3.11. The first-order valence-electron chi connectivity index (χ1n) is 9.69. The summed E-state index contributed by atoms with van der Waals surface area (Å²) in [5.74, 6) is 0.645.